The Morgan fingerprint density at radius 1 is 1.11 bits per heavy atom. The number of benzene rings is 2. The molecule has 0 saturated carbocycles. The Kier molecular flexibility index (Phi) is 5.49. The Balaban J connectivity index is 1.77. The van der Waals surface area contributed by atoms with Crippen molar-refractivity contribution in [1.29, 1.82) is 0 Å². The highest BCUT2D eigenvalue weighted by Gasteiger charge is 2.16. The molecule has 0 N–H and O–H groups in total. The highest BCUT2D eigenvalue weighted by molar-refractivity contribution is 5.94. The molecule has 1 amide bonds. The highest BCUT2D eigenvalue weighted by Crippen LogP contribution is 2.30. The van der Waals surface area contributed by atoms with Crippen molar-refractivity contribution in [3.8, 4) is 11.5 Å². The van der Waals surface area contributed by atoms with Gasteiger partial charge in [0.15, 0.2) is 11.5 Å². The van der Waals surface area contributed by atoms with E-state index in [4.69, 9.17) is 4.74 Å². The van der Waals surface area contributed by atoms with Crippen molar-refractivity contribution in [2.75, 3.05) is 14.2 Å². The van der Waals surface area contributed by atoms with Crippen molar-refractivity contribution in [3.63, 3.8) is 0 Å². The van der Waals surface area contributed by atoms with E-state index in [-0.39, 0.29) is 24.0 Å². The summed E-state index contributed by atoms with van der Waals surface area (Å²) in [4.78, 5) is 18.6. The molecule has 0 spiro atoms. The summed E-state index contributed by atoms with van der Waals surface area (Å²) < 4.78 is 34.3. The SMILES string of the molecule is COc1cc(CN(C)C(=O)c2ccc3ccccc3n2)ccc1OC(F)F. The molecular formula is C20H18F2N2O3. The molecule has 0 bridgehead atoms. The molecule has 1 heterocycles. The number of alkyl halides is 2. The molecule has 0 unspecified atom stereocenters. The Morgan fingerprint density at radius 3 is 2.63 bits per heavy atom. The molecule has 0 aliphatic carbocycles. The number of pyridine rings is 1. The van der Waals surface area contributed by atoms with Crippen LogP contribution < -0.4 is 9.47 Å². The summed E-state index contributed by atoms with van der Waals surface area (Å²) in [5.74, 6) is -0.119. The minimum atomic E-state index is -2.94. The second-order valence-electron chi connectivity index (χ2n) is 5.91. The average Bonchev–Trinajstić information content (AvgIpc) is 2.67. The number of fused-ring (bicyclic) bond motifs is 1. The summed E-state index contributed by atoms with van der Waals surface area (Å²) in [7, 11) is 3.01. The lowest BCUT2D eigenvalue weighted by Gasteiger charge is -2.18. The van der Waals surface area contributed by atoms with Crippen LogP contribution in [0, 0.1) is 0 Å². The van der Waals surface area contributed by atoms with Crippen molar-refractivity contribution in [3.05, 3.63) is 65.9 Å². The van der Waals surface area contributed by atoms with Gasteiger partial charge >= 0.3 is 6.61 Å². The lowest BCUT2D eigenvalue weighted by Crippen LogP contribution is -2.27. The van der Waals surface area contributed by atoms with E-state index in [9.17, 15) is 13.6 Å². The second kappa shape index (κ2) is 7.99. The maximum atomic E-state index is 12.7. The maximum Gasteiger partial charge on any atom is 0.387 e. The summed E-state index contributed by atoms with van der Waals surface area (Å²) in [6, 6.07) is 15.6. The van der Waals surface area contributed by atoms with Gasteiger partial charge in [-0.25, -0.2) is 4.98 Å². The number of rotatable bonds is 6. The molecule has 0 saturated heterocycles. The maximum absolute atomic E-state index is 12.7. The number of para-hydroxylation sites is 1. The zero-order chi connectivity index (χ0) is 19.4. The van der Waals surface area contributed by atoms with Crippen LogP contribution in [0.1, 0.15) is 16.1 Å². The first-order chi connectivity index (χ1) is 13.0. The van der Waals surface area contributed by atoms with E-state index >= 15 is 0 Å². The number of hydrogen-bond acceptors (Lipinski definition) is 4. The topological polar surface area (TPSA) is 51.7 Å². The summed E-state index contributed by atoms with van der Waals surface area (Å²) >= 11 is 0. The summed E-state index contributed by atoms with van der Waals surface area (Å²) in [5.41, 5.74) is 1.79. The number of halogens is 2. The molecule has 2 aromatic carbocycles. The van der Waals surface area contributed by atoms with Gasteiger partial charge in [-0.3, -0.25) is 4.79 Å². The molecule has 0 fully saturated rings. The number of ether oxygens (including phenoxy) is 2. The van der Waals surface area contributed by atoms with E-state index in [0.29, 0.717) is 11.3 Å². The van der Waals surface area contributed by atoms with Crippen molar-refractivity contribution in [2.45, 2.75) is 13.2 Å². The molecule has 7 heteroatoms. The van der Waals surface area contributed by atoms with Gasteiger partial charge in [0.05, 0.1) is 12.6 Å². The van der Waals surface area contributed by atoms with Crippen LogP contribution in [0.2, 0.25) is 0 Å². The molecule has 0 atom stereocenters. The van der Waals surface area contributed by atoms with Crippen LogP contribution in [0.3, 0.4) is 0 Å². The molecular weight excluding hydrogens is 354 g/mol. The number of nitrogens with zero attached hydrogens (tertiary/aromatic N) is 2. The Labute approximate surface area is 155 Å². The zero-order valence-corrected chi connectivity index (χ0v) is 14.9. The standard InChI is InChI=1S/C20H18F2N2O3/c1-24(12-13-7-10-17(27-20(21)22)18(11-13)26-2)19(25)16-9-8-14-5-3-4-6-15(14)23-16/h3-11,20H,12H2,1-2H3. The molecule has 27 heavy (non-hydrogen) atoms. The molecule has 0 aliphatic rings. The molecule has 5 nitrogen and oxygen atoms in total. The molecule has 3 aromatic rings. The molecule has 0 radical (unpaired) electrons. The number of carbonyl (C=O) groups excluding carboxylic acids is 1. The van der Waals surface area contributed by atoms with Crippen molar-refractivity contribution >= 4 is 16.8 Å². The predicted molar refractivity (Wildman–Crippen MR) is 97.2 cm³/mol. The van der Waals surface area contributed by atoms with Crippen molar-refractivity contribution in [1.82, 2.24) is 9.88 Å². The minimum absolute atomic E-state index is 0.0542. The zero-order valence-electron chi connectivity index (χ0n) is 14.9. The summed E-state index contributed by atoms with van der Waals surface area (Å²) in [6.07, 6.45) is 0. The molecule has 3 rings (SSSR count). The van der Waals surface area contributed by atoms with Crippen LogP contribution in [0.15, 0.2) is 54.6 Å². The third-order valence-electron chi connectivity index (χ3n) is 4.03. The molecule has 1 aromatic heterocycles. The minimum Gasteiger partial charge on any atom is -0.493 e. The monoisotopic (exact) mass is 372 g/mol. The first-order valence-electron chi connectivity index (χ1n) is 8.21. The van der Waals surface area contributed by atoms with E-state index in [1.54, 1.807) is 25.2 Å². The molecule has 0 aliphatic heterocycles. The van der Waals surface area contributed by atoms with Gasteiger partial charge in [0.25, 0.3) is 5.91 Å². The van der Waals surface area contributed by atoms with Crippen LogP contribution in [-0.2, 0) is 6.54 Å². The van der Waals surface area contributed by atoms with E-state index < -0.39 is 6.61 Å². The fraction of sp³-hybridized carbons (Fsp3) is 0.200. The summed E-state index contributed by atoms with van der Waals surface area (Å²) in [6.45, 7) is -2.67. The van der Waals surface area contributed by atoms with Gasteiger partial charge in [-0.1, -0.05) is 30.3 Å². The predicted octanol–water partition coefficient (Wildman–Crippen LogP) is 4.12. The van der Waals surface area contributed by atoms with Gasteiger partial charge < -0.3 is 14.4 Å². The number of amides is 1. The lowest BCUT2D eigenvalue weighted by molar-refractivity contribution is -0.0512. The van der Waals surface area contributed by atoms with Gasteiger partial charge in [0, 0.05) is 19.0 Å². The first-order valence-corrected chi connectivity index (χ1v) is 8.21. The number of hydrogen-bond donors (Lipinski definition) is 0. The van der Waals surface area contributed by atoms with Gasteiger partial charge in [-0.2, -0.15) is 8.78 Å². The first kappa shape index (κ1) is 18.6. The highest BCUT2D eigenvalue weighted by atomic mass is 19.3. The second-order valence-corrected chi connectivity index (χ2v) is 5.91. The van der Waals surface area contributed by atoms with Crippen LogP contribution >= 0.6 is 0 Å². The molecule has 140 valence electrons. The van der Waals surface area contributed by atoms with Gasteiger partial charge in [-0.15, -0.1) is 0 Å². The number of aromatic nitrogens is 1. The van der Waals surface area contributed by atoms with Gasteiger partial charge in [0.2, 0.25) is 0 Å². The third-order valence-corrected chi connectivity index (χ3v) is 4.03. The quantitative estimate of drug-likeness (QED) is 0.653. The summed E-state index contributed by atoms with van der Waals surface area (Å²) in [5, 5.41) is 0.955. The van der Waals surface area contributed by atoms with Crippen molar-refractivity contribution in [2.24, 2.45) is 0 Å². The number of carbonyl (C=O) groups is 1. The Morgan fingerprint density at radius 2 is 1.89 bits per heavy atom. The average molecular weight is 372 g/mol. The largest absolute Gasteiger partial charge is 0.493 e. The van der Waals surface area contributed by atoms with E-state index in [1.165, 1.54) is 18.1 Å². The fourth-order valence-corrected chi connectivity index (χ4v) is 2.73. The van der Waals surface area contributed by atoms with Gasteiger partial charge in [0.1, 0.15) is 5.69 Å². The van der Waals surface area contributed by atoms with Gasteiger partial charge in [-0.05, 0) is 29.8 Å². The Hall–Kier alpha value is -3.22. The van der Waals surface area contributed by atoms with Crippen LogP contribution in [0.5, 0.6) is 11.5 Å². The third kappa shape index (κ3) is 4.31. The van der Waals surface area contributed by atoms with Crippen molar-refractivity contribution < 1.29 is 23.0 Å². The Bertz CT molecular complexity index is 963. The van der Waals surface area contributed by atoms with E-state index in [2.05, 4.69) is 9.72 Å². The smallest absolute Gasteiger partial charge is 0.387 e. The van der Waals surface area contributed by atoms with E-state index in [0.717, 1.165) is 10.9 Å². The van der Waals surface area contributed by atoms with Crippen LogP contribution in [0.4, 0.5) is 8.78 Å². The van der Waals surface area contributed by atoms with Crippen LogP contribution in [-0.4, -0.2) is 36.6 Å². The lowest BCUT2D eigenvalue weighted by atomic mass is 10.1. The number of methoxy groups -OCH3 is 1. The van der Waals surface area contributed by atoms with E-state index in [1.807, 2.05) is 30.3 Å². The normalized spacial score (nSPS) is 10.9. The van der Waals surface area contributed by atoms with Crippen LogP contribution in [0.25, 0.3) is 10.9 Å². The fourth-order valence-electron chi connectivity index (χ4n) is 2.73.